The van der Waals surface area contributed by atoms with Gasteiger partial charge in [-0.2, -0.15) is 5.10 Å². The predicted octanol–water partition coefficient (Wildman–Crippen LogP) is 6.53. The van der Waals surface area contributed by atoms with Gasteiger partial charge in [0.05, 0.1) is 54.1 Å². The highest BCUT2D eigenvalue weighted by atomic mass is 35.5. The number of amides is 6. The second-order valence-electron chi connectivity index (χ2n) is 22.1. The number of imide groups is 1. The lowest BCUT2D eigenvalue weighted by molar-refractivity contribution is -0.197. The van der Waals surface area contributed by atoms with E-state index >= 15 is 0 Å². The Labute approximate surface area is 494 Å². The van der Waals surface area contributed by atoms with Crippen LogP contribution in [0.15, 0.2) is 53.2 Å². The number of alkyl carbamates (subject to hydrolysis) is 1. The predicted molar refractivity (Wildman–Crippen MR) is 307 cm³/mol. The van der Waals surface area contributed by atoms with Crippen LogP contribution >= 0.6 is 33.2 Å². The number of hydroxylamine groups is 2. The molecule has 26 heteroatoms. The summed E-state index contributed by atoms with van der Waals surface area (Å²) in [6.07, 6.45) is 1.05. The van der Waals surface area contributed by atoms with Gasteiger partial charge in [-0.15, -0.1) is 5.06 Å². The van der Waals surface area contributed by atoms with Crippen molar-refractivity contribution in [2.75, 3.05) is 45.1 Å². The van der Waals surface area contributed by atoms with Crippen molar-refractivity contribution < 1.29 is 81.8 Å². The number of hydrazone groups is 1. The van der Waals surface area contributed by atoms with Crippen LogP contribution in [0.2, 0.25) is 5.02 Å². The summed E-state index contributed by atoms with van der Waals surface area (Å²) >= 11 is 6.84. The Morgan fingerprint density at radius 1 is 1.06 bits per heavy atom. The molecule has 452 valence electrons. The fraction of sp³-hybridized carbons (Fsp3) is 0.561. The molecule has 0 spiro atoms. The zero-order valence-corrected chi connectivity index (χ0v) is 50.6. The van der Waals surface area contributed by atoms with Gasteiger partial charge in [0.25, 0.3) is 11.8 Å². The van der Waals surface area contributed by atoms with Crippen LogP contribution in [0.3, 0.4) is 0 Å². The van der Waals surface area contributed by atoms with E-state index in [0.29, 0.717) is 33.7 Å². The van der Waals surface area contributed by atoms with Crippen molar-refractivity contribution in [3.05, 3.63) is 69.8 Å². The maximum atomic E-state index is 14.4. The number of allylic oxidation sites excluding steroid dienone is 3. The first-order valence-corrected chi connectivity index (χ1v) is 30.0. The Hall–Kier alpha value is -6.38. The number of nitrogens with zero attached hydrogens (tertiary/aromatic N) is 4. The van der Waals surface area contributed by atoms with Gasteiger partial charge >= 0.3 is 18.0 Å². The molecule has 0 radical (unpaired) electrons. The molecule has 4 bridgehead atoms. The Kier molecular flexibility index (Phi) is 21.0. The number of epoxide rings is 1. The molecule has 3 saturated heterocycles. The number of nitrogens with one attached hydrogen (secondary N) is 2. The van der Waals surface area contributed by atoms with E-state index in [-0.39, 0.29) is 99.7 Å². The number of likely N-dealkylation sites (N-methyl/N-ethyl adjacent to an activating group) is 1. The summed E-state index contributed by atoms with van der Waals surface area (Å²) in [7, 11) is 7.26. The molecule has 3 fully saturated rings. The van der Waals surface area contributed by atoms with Gasteiger partial charge in [0, 0.05) is 88.3 Å². The SMILES string of the molecule is CO[C@@H]1/C=C/C=C(\C)Cc2cc(C)c(Cl)c(c2)N(C)C(=O)C[C@H](OC(=O)[C@H](C)N(C)C(=O)CCSSC(C)(C)CC(=O)N/N=C2\CCOc3cc(OCCCC(=O)ON4C(=O)CCC4=O)cc(O)c32)[C@]2(C)O[C@H]2[C@H](C)[C@@H]2C[C@@]1(O)NC(=O)O2. The van der Waals surface area contributed by atoms with E-state index < -0.39 is 94.1 Å². The Morgan fingerprint density at radius 2 is 1.78 bits per heavy atom. The van der Waals surface area contributed by atoms with Crippen LogP contribution in [0.1, 0.15) is 116 Å². The van der Waals surface area contributed by atoms with Crippen LogP contribution in [0, 0.1) is 12.8 Å². The summed E-state index contributed by atoms with van der Waals surface area (Å²) in [6.45, 7) is 12.8. The zero-order chi connectivity index (χ0) is 60.7. The van der Waals surface area contributed by atoms with Gasteiger partial charge in [-0.05, 0) is 71.6 Å². The maximum Gasteiger partial charge on any atom is 0.409 e. The van der Waals surface area contributed by atoms with Crippen LogP contribution in [0.25, 0.3) is 0 Å². The Balaban J connectivity index is 0.924. The number of phenols is 1. The van der Waals surface area contributed by atoms with Crippen LogP contribution in [-0.4, -0.2) is 160 Å². The lowest BCUT2D eigenvalue weighted by Crippen LogP contribution is -2.63. The summed E-state index contributed by atoms with van der Waals surface area (Å²) < 4.78 is 34.8. The minimum Gasteiger partial charge on any atom is -0.507 e. The third-order valence-corrected chi connectivity index (χ3v) is 18.8. The average Bonchev–Trinajstić information content (AvgIpc) is 3.51. The number of carbonyl (C=O) groups is 8. The molecule has 8 atom stereocenters. The standard InChI is InChI=1S/C57H73ClN6O17S2/c1-31-13-11-14-42(75-10)57(74)29-41(78-54(73)59-57)33(3)52-56(7,80-52)43(28-48(70)63(9)38-25-35(23-31)24-32(2)51(38)58)79-53(72)34(4)62(8)45(67)19-22-82-83-55(5,6)30-44(66)61-60-37-18-21-77-40-27-36(26-39(65)50(37)40)76-20-12-15-49(71)81-64-46(68)16-17-47(64)69/h11,13-14,24-27,33-34,41-43,52,65,74H,12,15-23,28-30H2,1-10H3,(H,59,73)(H,61,66)/b14-11+,31-13+,60-37+/t33-,34+,41+,42-,43+,52+,56+,57+/m1/s1. The highest BCUT2D eigenvalue weighted by Gasteiger charge is 2.64. The number of ether oxygens (including phenoxy) is 6. The molecule has 0 saturated carbocycles. The van der Waals surface area contributed by atoms with Gasteiger partial charge < -0.3 is 53.3 Å². The van der Waals surface area contributed by atoms with E-state index in [1.165, 1.54) is 58.5 Å². The largest absolute Gasteiger partial charge is 0.507 e. The minimum atomic E-state index is -1.87. The van der Waals surface area contributed by atoms with E-state index in [9.17, 15) is 48.6 Å². The number of phenolic OH excluding ortho intramolecular Hbond substituents is 1. The van der Waals surface area contributed by atoms with E-state index in [4.69, 9.17) is 44.9 Å². The third kappa shape index (κ3) is 15.9. The molecule has 83 heavy (non-hydrogen) atoms. The lowest BCUT2D eigenvalue weighted by Gasteiger charge is -2.42. The van der Waals surface area contributed by atoms with Crippen molar-refractivity contribution in [2.45, 2.75) is 159 Å². The summed E-state index contributed by atoms with van der Waals surface area (Å²) in [5, 5.41) is 30.5. The van der Waals surface area contributed by atoms with E-state index in [1.807, 2.05) is 45.9 Å². The summed E-state index contributed by atoms with van der Waals surface area (Å²) in [5.41, 5.74) is 3.09. The molecule has 4 N–H and O–H groups in total. The molecule has 0 aromatic heterocycles. The highest BCUT2D eigenvalue weighted by Crippen LogP contribution is 2.49. The number of fused-ring (bicyclic) bond motifs is 6. The number of methoxy groups -OCH3 is 1. The molecule has 0 aliphatic carbocycles. The maximum absolute atomic E-state index is 14.4. The topological polar surface area (TPSA) is 291 Å². The average molecular weight is 1210 g/mol. The van der Waals surface area contributed by atoms with Crippen LogP contribution in [-0.2, 0) is 63.8 Å². The third-order valence-electron chi connectivity index (χ3n) is 15.0. The van der Waals surface area contributed by atoms with Crippen molar-refractivity contribution in [1.82, 2.24) is 20.7 Å². The summed E-state index contributed by atoms with van der Waals surface area (Å²) in [4.78, 5) is 112. The van der Waals surface area contributed by atoms with Gasteiger partial charge in [0.2, 0.25) is 17.7 Å². The first-order chi connectivity index (χ1) is 39.1. The number of carbonyl (C=O) groups excluding carboxylic acids is 8. The van der Waals surface area contributed by atoms with Crippen molar-refractivity contribution >= 4 is 92.2 Å². The normalized spacial score (nSPS) is 26.5. The Morgan fingerprint density at radius 3 is 2.49 bits per heavy atom. The van der Waals surface area contributed by atoms with Gasteiger partial charge in [-0.3, -0.25) is 29.3 Å². The van der Waals surface area contributed by atoms with Crippen molar-refractivity contribution in [3.63, 3.8) is 0 Å². The molecule has 5 aliphatic heterocycles. The number of rotatable bonds is 18. The van der Waals surface area contributed by atoms with Crippen molar-refractivity contribution in [2.24, 2.45) is 11.0 Å². The lowest BCUT2D eigenvalue weighted by atomic mass is 9.83. The second kappa shape index (κ2) is 27.1. The molecule has 0 unspecified atom stereocenters. The van der Waals surface area contributed by atoms with Gasteiger partial charge in [0.1, 0.15) is 47.2 Å². The monoisotopic (exact) mass is 1210 g/mol. The summed E-state index contributed by atoms with van der Waals surface area (Å²) in [6, 6.07) is 5.57. The molecule has 5 aliphatic rings. The fourth-order valence-electron chi connectivity index (χ4n) is 10.1. The smallest absolute Gasteiger partial charge is 0.409 e. The van der Waals surface area contributed by atoms with Crippen molar-refractivity contribution in [3.8, 4) is 17.2 Å². The first-order valence-electron chi connectivity index (χ1n) is 27.3. The van der Waals surface area contributed by atoms with E-state index in [1.54, 1.807) is 39.1 Å². The number of hydrogen-bond donors (Lipinski definition) is 4. The first kappa shape index (κ1) is 64.2. The van der Waals surface area contributed by atoms with Gasteiger partial charge in [0.15, 0.2) is 5.72 Å². The number of aromatic hydroxyl groups is 1. The number of halogens is 1. The number of anilines is 1. The minimum absolute atomic E-state index is 0.0105. The molecule has 5 heterocycles. The highest BCUT2D eigenvalue weighted by molar-refractivity contribution is 8.77. The quantitative estimate of drug-likeness (QED) is 0.0308. The fourth-order valence-corrected chi connectivity index (χ4v) is 12.8. The molecule has 23 nitrogen and oxygen atoms in total. The molecule has 6 amide bonds. The van der Waals surface area contributed by atoms with Gasteiger partial charge in [-0.25, -0.2) is 19.8 Å². The molecule has 2 aromatic carbocycles. The van der Waals surface area contributed by atoms with E-state index in [2.05, 4.69) is 15.8 Å². The molecular weight excluding hydrogens is 1140 g/mol. The van der Waals surface area contributed by atoms with Crippen LogP contribution in [0.5, 0.6) is 17.2 Å². The Bertz CT molecular complexity index is 2940. The van der Waals surface area contributed by atoms with Crippen LogP contribution in [0.4, 0.5) is 10.5 Å². The second-order valence-corrected chi connectivity index (χ2v) is 25.6. The molecular formula is C57H73ClN6O17S2. The zero-order valence-electron chi connectivity index (χ0n) is 48.2. The number of aryl methyl sites for hydroxylation is 1. The van der Waals surface area contributed by atoms with E-state index in [0.717, 1.165) is 16.7 Å². The van der Waals surface area contributed by atoms with Crippen molar-refractivity contribution in [1.29, 1.82) is 0 Å². The number of benzene rings is 2. The van der Waals surface area contributed by atoms with Crippen LogP contribution < -0.4 is 25.1 Å². The molecule has 2 aromatic rings. The van der Waals surface area contributed by atoms with Gasteiger partial charge in [-0.1, -0.05) is 70.0 Å². The summed E-state index contributed by atoms with van der Waals surface area (Å²) in [5.74, 6) is -3.85. The number of aliphatic hydroxyl groups is 1. The number of esters is 1. The molecule has 7 rings (SSSR count). The number of hydrogen-bond acceptors (Lipinski definition) is 20.